The van der Waals surface area contributed by atoms with Gasteiger partial charge in [0.15, 0.2) is 0 Å². The summed E-state index contributed by atoms with van der Waals surface area (Å²) in [5.74, 6) is -1.44. The number of carboxylic acid groups (broad SMARTS) is 1. The molecule has 0 aromatic heterocycles. The number of nitrogens with zero attached hydrogens (tertiary/aromatic N) is 1. The summed E-state index contributed by atoms with van der Waals surface area (Å²) < 4.78 is 13.7. The van der Waals surface area contributed by atoms with Gasteiger partial charge in [0.25, 0.3) is 0 Å². The molecule has 0 bridgehead atoms. The molecule has 5 heteroatoms. The lowest BCUT2D eigenvalue weighted by Gasteiger charge is -2.21. The average Bonchev–Trinajstić information content (AvgIpc) is 3.27. The zero-order chi connectivity index (χ0) is 16.6. The van der Waals surface area contributed by atoms with E-state index in [0.29, 0.717) is 24.4 Å². The minimum Gasteiger partial charge on any atom is -0.481 e. The van der Waals surface area contributed by atoms with Crippen LogP contribution in [-0.2, 0) is 16.0 Å². The van der Waals surface area contributed by atoms with Gasteiger partial charge in [0.2, 0.25) is 5.91 Å². The number of amides is 1. The SMILES string of the molecule is CC(Cc1ccccc1F)C(=O)N1C[C@H](C(=O)O)[C@@H](C2CC2)C1. The maximum Gasteiger partial charge on any atom is 0.308 e. The van der Waals surface area contributed by atoms with E-state index in [0.717, 1.165) is 12.8 Å². The molecule has 2 aliphatic rings. The van der Waals surface area contributed by atoms with Gasteiger partial charge in [-0.2, -0.15) is 0 Å². The fourth-order valence-corrected chi connectivity index (χ4v) is 3.67. The Morgan fingerprint density at radius 2 is 2.00 bits per heavy atom. The molecule has 1 aromatic rings. The number of likely N-dealkylation sites (tertiary alicyclic amines) is 1. The van der Waals surface area contributed by atoms with E-state index in [4.69, 9.17) is 0 Å². The van der Waals surface area contributed by atoms with Crippen LogP contribution in [0.25, 0.3) is 0 Å². The van der Waals surface area contributed by atoms with Crippen molar-refractivity contribution in [2.45, 2.75) is 26.2 Å². The number of carbonyl (C=O) groups is 2. The molecule has 124 valence electrons. The summed E-state index contributed by atoms with van der Waals surface area (Å²) >= 11 is 0. The maximum atomic E-state index is 13.7. The summed E-state index contributed by atoms with van der Waals surface area (Å²) in [4.78, 5) is 25.7. The fourth-order valence-electron chi connectivity index (χ4n) is 3.67. The third kappa shape index (κ3) is 3.38. The molecule has 3 atom stereocenters. The van der Waals surface area contributed by atoms with Gasteiger partial charge >= 0.3 is 5.97 Å². The van der Waals surface area contributed by atoms with E-state index in [1.807, 2.05) is 0 Å². The topological polar surface area (TPSA) is 57.6 Å². The summed E-state index contributed by atoms with van der Waals surface area (Å²) in [6.07, 6.45) is 2.48. The molecule has 1 saturated carbocycles. The third-order valence-electron chi connectivity index (χ3n) is 5.13. The molecular formula is C18H22FNO3. The van der Waals surface area contributed by atoms with Crippen LogP contribution < -0.4 is 0 Å². The maximum absolute atomic E-state index is 13.7. The molecule has 4 nitrogen and oxygen atoms in total. The molecule has 1 amide bonds. The Hall–Kier alpha value is -1.91. The van der Waals surface area contributed by atoms with Gasteiger partial charge in [-0.05, 0) is 42.7 Å². The summed E-state index contributed by atoms with van der Waals surface area (Å²) in [6, 6.07) is 6.47. The zero-order valence-electron chi connectivity index (χ0n) is 13.2. The van der Waals surface area contributed by atoms with Gasteiger partial charge in [0, 0.05) is 19.0 Å². The molecular weight excluding hydrogens is 297 g/mol. The average molecular weight is 319 g/mol. The smallest absolute Gasteiger partial charge is 0.308 e. The van der Waals surface area contributed by atoms with Crippen molar-refractivity contribution in [1.29, 1.82) is 0 Å². The molecule has 1 unspecified atom stereocenters. The Bertz CT molecular complexity index is 614. The first-order valence-corrected chi connectivity index (χ1v) is 8.22. The standard InChI is InChI=1S/C18H22FNO3/c1-11(8-13-4-2-3-5-16(13)19)17(21)20-9-14(12-6-7-12)15(10-20)18(22)23/h2-5,11-12,14-15H,6-10H2,1H3,(H,22,23)/t11?,14-,15+/m1/s1. The Balaban J connectivity index is 1.65. The summed E-state index contributed by atoms with van der Waals surface area (Å²) in [7, 11) is 0. The van der Waals surface area contributed by atoms with Crippen LogP contribution in [0.4, 0.5) is 4.39 Å². The third-order valence-corrected chi connectivity index (χ3v) is 5.13. The van der Waals surface area contributed by atoms with Crippen molar-refractivity contribution >= 4 is 11.9 Å². The van der Waals surface area contributed by atoms with Crippen molar-refractivity contribution in [1.82, 2.24) is 4.90 Å². The van der Waals surface area contributed by atoms with Crippen molar-refractivity contribution < 1.29 is 19.1 Å². The first kappa shape index (κ1) is 16.0. The van der Waals surface area contributed by atoms with Crippen LogP contribution in [0.2, 0.25) is 0 Å². The highest BCUT2D eigenvalue weighted by molar-refractivity contribution is 5.81. The van der Waals surface area contributed by atoms with Gasteiger partial charge < -0.3 is 10.0 Å². The van der Waals surface area contributed by atoms with E-state index < -0.39 is 11.9 Å². The lowest BCUT2D eigenvalue weighted by Crippen LogP contribution is -2.35. The number of halogens is 1. The Kier molecular flexibility index (Phi) is 4.37. The van der Waals surface area contributed by atoms with Crippen molar-refractivity contribution in [2.75, 3.05) is 13.1 Å². The Morgan fingerprint density at radius 1 is 1.30 bits per heavy atom. The van der Waals surface area contributed by atoms with Gasteiger partial charge in [-0.1, -0.05) is 25.1 Å². The van der Waals surface area contributed by atoms with Gasteiger partial charge in [-0.25, -0.2) is 4.39 Å². The Labute approximate surface area is 135 Å². The number of hydrogen-bond acceptors (Lipinski definition) is 2. The van der Waals surface area contributed by atoms with E-state index in [1.165, 1.54) is 6.07 Å². The van der Waals surface area contributed by atoms with Crippen molar-refractivity contribution in [3.05, 3.63) is 35.6 Å². The van der Waals surface area contributed by atoms with Crippen LogP contribution in [-0.4, -0.2) is 35.0 Å². The lowest BCUT2D eigenvalue weighted by molar-refractivity contribution is -0.143. The minimum absolute atomic E-state index is 0.0670. The highest BCUT2D eigenvalue weighted by Gasteiger charge is 2.47. The first-order chi connectivity index (χ1) is 11.0. The number of carboxylic acids is 1. The van der Waals surface area contributed by atoms with Crippen LogP contribution in [0, 0.1) is 29.5 Å². The molecule has 23 heavy (non-hydrogen) atoms. The number of rotatable bonds is 5. The molecule has 0 spiro atoms. The molecule has 1 saturated heterocycles. The van der Waals surface area contributed by atoms with Crippen LogP contribution in [0.15, 0.2) is 24.3 Å². The highest BCUT2D eigenvalue weighted by Crippen LogP contribution is 2.44. The molecule has 1 heterocycles. The van der Waals surface area contributed by atoms with E-state index in [9.17, 15) is 19.1 Å². The lowest BCUT2D eigenvalue weighted by atomic mass is 9.92. The number of aliphatic carboxylic acids is 1. The Morgan fingerprint density at radius 3 is 2.61 bits per heavy atom. The molecule has 1 aliphatic carbocycles. The molecule has 1 aromatic carbocycles. The van der Waals surface area contributed by atoms with Crippen LogP contribution in [0.3, 0.4) is 0 Å². The number of carbonyl (C=O) groups excluding carboxylic acids is 1. The van der Waals surface area contributed by atoms with Gasteiger partial charge in [-0.15, -0.1) is 0 Å². The zero-order valence-corrected chi connectivity index (χ0v) is 13.2. The van der Waals surface area contributed by atoms with E-state index in [1.54, 1.807) is 30.0 Å². The summed E-state index contributed by atoms with van der Waals surface area (Å²) in [5.41, 5.74) is 0.529. The molecule has 1 aliphatic heterocycles. The van der Waals surface area contributed by atoms with E-state index in [-0.39, 0.29) is 30.1 Å². The summed E-state index contributed by atoms with van der Waals surface area (Å²) in [6.45, 7) is 2.61. The van der Waals surface area contributed by atoms with E-state index in [2.05, 4.69) is 0 Å². The summed E-state index contributed by atoms with van der Waals surface area (Å²) in [5, 5.41) is 9.38. The second kappa shape index (κ2) is 6.30. The van der Waals surface area contributed by atoms with E-state index >= 15 is 0 Å². The minimum atomic E-state index is -0.807. The van der Waals surface area contributed by atoms with Gasteiger partial charge in [-0.3, -0.25) is 9.59 Å². The molecule has 0 radical (unpaired) electrons. The number of benzene rings is 1. The molecule has 2 fully saturated rings. The second-order valence-corrected chi connectivity index (χ2v) is 6.89. The van der Waals surface area contributed by atoms with Crippen molar-refractivity contribution in [3.63, 3.8) is 0 Å². The normalized spacial score (nSPS) is 25.4. The van der Waals surface area contributed by atoms with Gasteiger partial charge in [0.05, 0.1) is 5.92 Å². The monoisotopic (exact) mass is 319 g/mol. The van der Waals surface area contributed by atoms with Crippen LogP contribution in [0.1, 0.15) is 25.3 Å². The first-order valence-electron chi connectivity index (χ1n) is 8.22. The van der Waals surface area contributed by atoms with Crippen molar-refractivity contribution in [2.24, 2.45) is 23.7 Å². The quantitative estimate of drug-likeness (QED) is 0.907. The molecule has 3 rings (SSSR count). The second-order valence-electron chi connectivity index (χ2n) is 6.89. The van der Waals surface area contributed by atoms with Gasteiger partial charge in [0.1, 0.15) is 5.82 Å². The fraction of sp³-hybridized carbons (Fsp3) is 0.556. The van der Waals surface area contributed by atoms with Crippen molar-refractivity contribution in [3.8, 4) is 0 Å². The highest BCUT2D eigenvalue weighted by atomic mass is 19.1. The van der Waals surface area contributed by atoms with Crippen LogP contribution >= 0.6 is 0 Å². The van der Waals surface area contributed by atoms with Crippen LogP contribution in [0.5, 0.6) is 0 Å². The molecule has 1 N–H and O–H groups in total. The number of hydrogen-bond donors (Lipinski definition) is 1. The predicted molar refractivity (Wildman–Crippen MR) is 83.2 cm³/mol. The predicted octanol–water partition coefficient (Wildman–Crippen LogP) is 2.57. The largest absolute Gasteiger partial charge is 0.481 e.